The highest BCUT2D eigenvalue weighted by atomic mass is 35.5. The number of halogens is 3. The smallest absolute Gasteiger partial charge is 0.407 e. The molecule has 0 radical (unpaired) electrons. The second-order valence-electron chi connectivity index (χ2n) is 6.27. The van der Waals surface area contributed by atoms with Crippen molar-refractivity contribution in [2.75, 3.05) is 19.6 Å². The lowest BCUT2D eigenvalue weighted by atomic mass is 10.1. The van der Waals surface area contributed by atoms with Crippen molar-refractivity contribution in [2.24, 2.45) is 5.92 Å². The highest BCUT2D eigenvalue weighted by Gasteiger charge is 2.34. The molecule has 0 bridgehead atoms. The molecule has 0 aromatic heterocycles. The van der Waals surface area contributed by atoms with Crippen LogP contribution >= 0.6 is 23.2 Å². The normalized spacial score (nSPS) is 17.4. The second-order valence-corrected chi connectivity index (χ2v) is 7.08. The van der Waals surface area contributed by atoms with Gasteiger partial charge in [0.05, 0.1) is 21.7 Å². The Morgan fingerprint density at radius 1 is 1.38 bits per heavy atom. The summed E-state index contributed by atoms with van der Waals surface area (Å²) in [7, 11) is 0. The average molecular weight is 377 g/mol. The Kier molecular flexibility index (Phi) is 5.93. The van der Waals surface area contributed by atoms with E-state index < -0.39 is 17.8 Å². The molecule has 0 aliphatic carbocycles. The van der Waals surface area contributed by atoms with Crippen LogP contribution in [0.4, 0.5) is 9.18 Å². The van der Waals surface area contributed by atoms with Crippen LogP contribution in [-0.4, -0.2) is 52.6 Å². The fraction of sp³-hybridized carbons (Fsp3) is 0.500. The zero-order valence-corrected chi connectivity index (χ0v) is 14.9. The van der Waals surface area contributed by atoms with Gasteiger partial charge in [-0.05, 0) is 24.5 Å². The summed E-state index contributed by atoms with van der Waals surface area (Å²) in [6.07, 6.45) is -0.469. The molecule has 1 aromatic rings. The second kappa shape index (κ2) is 7.57. The summed E-state index contributed by atoms with van der Waals surface area (Å²) < 4.78 is 13.7. The maximum atomic E-state index is 13.7. The number of rotatable bonds is 4. The van der Waals surface area contributed by atoms with E-state index in [0.717, 1.165) is 6.07 Å². The monoisotopic (exact) mass is 376 g/mol. The lowest BCUT2D eigenvalue weighted by molar-refractivity contribution is 0.0653. The van der Waals surface area contributed by atoms with Crippen LogP contribution in [0.15, 0.2) is 12.1 Å². The minimum absolute atomic E-state index is 0.0352. The van der Waals surface area contributed by atoms with Crippen molar-refractivity contribution < 1.29 is 19.1 Å². The third kappa shape index (κ3) is 4.11. The molecule has 8 heteroatoms. The van der Waals surface area contributed by atoms with Gasteiger partial charge in [-0.1, -0.05) is 37.0 Å². The SMILES string of the molecule is CC(C)CN(C(=O)c1cc(F)c(Cl)cc1Cl)[C@H]1CCN(C(=O)O)C1. The number of amides is 2. The van der Waals surface area contributed by atoms with Crippen LogP contribution in [0, 0.1) is 11.7 Å². The standard InChI is InChI=1S/C16H19Cl2FN2O3/c1-9(2)7-21(10-3-4-20(8-10)16(23)24)15(22)11-5-14(19)13(18)6-12(11)17/h5-6,9-10H,3-4,7-8H2,1-2H3,(H,23,24)/t10-/m0/s1. The van der Waals surface area contributed by atoms with Crippen molar-refractivity contribution in [1.82, 2.24) is 9.80 Å². The summed E-state index contributed by atoms with van der Waals surface area (Å²) in [6, 6.07) is 1.98. The van der Waals surface area contributed by atoms with E-state index in [2.05, 4.69) is 0 Å². The van der Waals surface area contributed by atoms with E-state index in [1.54, 1.807) is 4.90 Å². The predicted molar refractivity (Wildman–Crippen MR) is 90.3 cm³/mol. The van der Waals surface area contributed by atoms with Gasteiger partial charge in [0.25, 0.3) is 5.91 Å². The Bertz CT molecular complexity index is 654. The molecule has 1 saturated heterocycles. The predicted octanol–water partition coefficient (Wildman–Crippen LogP) is 3.98. The summed E-state index contributed by atoms with van der Waals surface area (Å²) in [6.45, 7) is 4.94. The fourth-order valence-electron chi connectivity index (χ4n) is 2.80. The van der Waals surface area contributed by atoms with Gasteiger partial charge >= 0.3 is 6.09 Å². The van der Waals surface area contributed by atoms with E-state index in [9.17, 15) is 14.0 Å². The van der Waals surface area contributed by atoms with Crippen LogP contribution in [0.1, 0.15) is 30.6 Å². The van der Waals surface area contributed by atoms with Gasteiger partial charge in [-0.3, -0.25) is 4.79 Å². The van der Waals surface area contributed by atoms with Crippen LogP contribution in [-0.2, 0) is 0 Å². The Hall–Kier alpha value is -1.53. The van der Waals surface area contributed by atoms with Crippen molar-refractivity contribution in [1.29, 1.82) is 0 Å². The van der Waals surface area contributed by atoms with Gasteiger partial charge in [0.15, 0.2) is 0 Å². The van der Waals surface area contributed by atoms with Crippen LogP contribution in [0.5, 0.6) is 0 Å². The first-order valence-electron chi connectivity index (χ1n) is 7.64. The molecule has 1 aliphatic heterocycles. The Balaban J connectivity index is 2.29. The van der Waals surface area contributed by atoms with Gasteiger partial charge in [0.2, 0.25) is 0 Å². The summed E-state index contributed by atoms with van der Waals surface area (Å²) >= 11 is 11.7. The number of nitrogens with zero attached hydrogens (tertiary/aromatic N) is 2. The van der Waals surface area contributed by atoms with E-state index >= 15 is 0 Å². The lowest BCUT2D eigenvalue weighted by Gasteiger charge is -2.31. The number of hydrogen-bond acceptors (Lipinski definition) is 2. The molecule has 0 spiro atoms. The van der Waals surface area contributed by atoms with E-state index in [4.69, 9.17) is 28.3 Å². The third-order valence-corrected chi connectivity index (χ3v) is 4.54. The minimum atomic E-state index is -1.01. The summed E-state index contributed by atoms with van der Waals surface area (Å²) in [5.74, 6) is -0.960. The highest BCUT2D eigenvalue weighted by molar-refractivity contribution is 6.36. The van der Waals surface area contributed by atoms with Crippen molar-refractivity contribution in [3.63, 3.8) is 0 Å². The maximum absolute atomic E-state index is 13.7. The van der Waals surface area contributed by atoms with Gasteiger partial charge in [-0.2, -0.15) is 0 Å². The molecular weight excluding hydrogens is 358 g/mol. The van der Waals surface area contributed by atoms with Crippen molar-refractivity contribution >= 4 is 35.2 Å². The zero-order chi connectivity index (χ0) is 18.0. The van der Waals surface area contributed by atoms with Crippen LogP contribution in [0.25, 0.3) is 0 Å². The largest absolute Gasteiger partial charge is 0.465 e. The van der Waals surface area contributed by atoms with Crippen LogP contribution in [0.2, 0.25) is 10.0 Å². The highest BCUT2D eigenvalue weighted by Crippen LogP contribution is 2.27. The van der Waals surface area contributed by atoms with Crippen molar-refractivity contribution in [3.05, 3.63) is 33.6 Å². The molecular formula is C16H19Cl2FN2O3. The maximum Gasteiger partial charge on any atom is 0.407 e. The molecule has 132 valence electrons. The minimum Gasteiger partial charge on any atom is -0.465 e. The number of likely N-dealkylation sites (tertiary alicyclic amines) is 1. The van der Waals surface area contributed by atoms with E-state index in [1.165, 1.54) is 11.0 Å². The molecule has 1 atom stereocenters. The van der Waals surface area contributed by atoms with Gasteiger partial charge in [0.1, 0.15) is 5.82 Å². The first-order valence-corrected chi connectivity index (χ1v) is 8.39. The number of hydrogen-bond donors (Lipinski definition) is 1. The molecule has 24 heavy (non-hydrogen) atoms. The third-order valence-electron chi connectivity index (χ3n) is 3.94. The van der Waals surface area contributed by atoms with Crippen LogP contribution in [0.3, 0.4) is 0 Å². The number of carboxylic acid groups (broad SMARTS) is 1. The first-order chi connectivity index (χ1) is 11.2. The molecule has 5 nitrogen and oxygen atoms in total. The van der Waals surface area contributed by atoms with Crippen molar-refractivity contribution in [3.8, 4) is 0 Å². The summed E-state index contributed by atoms with van der Waals surface area (Å²) in [4.78, 5) is 26.9. The van der Waals surface area contributed by atoms with Crippen LogP contribution < -0.4 is 0 Å². The molecule has 2 rings (SSSR count). The van der Waals surface area contributed by atoms with Gasteiger partial charge in [-0.25, -0.2) is 9.18 Å². The van der Waals surface area contributed by atoms with Gasteiger partial charge in [-0.15, -0.1) is 0 Å². The number of carbonyl (C=O) groups excluding carboxylic acids is 1. The quantitative estimate of drug-likeness (QED) is 0.808. The van der Waals surface area contributed by atoms with E-state index in [1.807, 2.05) is 13.8 Å². The zero-order valence-electron chi connectivity index (χ0n) is 13.4. The molecule has 1 heterocycles. The topological polar surface area (TPSA) is 60.9 Å². The van der Waals surface area contributed by atoms with Gasteiger partial charge < -0.3 is 14.9 Å². The molecule has 1 aromatic carbocycles. The fourth-order valence-corrected chi connectivity index (χ4v) is 3.27. The summed E-state index contributed by atoms with van der Waals surface area (Å²) in [5, 5.41) is 9.03. The molecule has 1 aliphatic rings. The van der Waals surface area contributed by atoms with E-state index in [-0.39, 0.29) is 34.1 Å². The number of benzene rings is 1. The molecule has 1 N–H and O–H groups in total. The average Bonchev–Trinajstić information content (AvgIpc) is 2.97. The Morgan fingerprint density at radius 2 is 2.04 bits per heavy atom. The molecule has 1 fully saturated rings. The van der Waals surface area contributed by atoms with Crippen molar-refractivity contribution in [2.45, 2.75) is 26.3 Å². The van der Waals surface area contributed by atoms with Gasteiger partial charge in [0, 0.05) is 19.6 Å². The molecule has 0 saturated carbocycles. The van der Waals surface area contributed by atoms with E-state index in [0.29, 0.717) is 19.5 Å². The number of carbonyl (C=O) groups is 2. The Labute approximate surface area is 149 Å². The molecule has 0 unspecified atom stereocenters. The first kappa shape index (κ1) is 18.8. The summed E-state index contributed by atoms with van der Waals surface area (Å²) in [5.41, 5.74) is 0.0352. The molecule has 2 amide bonds. The Morgan fingerprint density at radius 3 is 2.58 bits per heavy atom. The lowest BCUT2D eigenvalue weighted by Crippen LogP contribution is -2.44.